The summed E-state index contributed by atoms with van der Waals surface area (Å²) in [4.78, 5) is 0. The molecule has 3 aliphatic rings. The van der Waals surface area contributed by atoms with Crippen LogP contribution in [-0.2, 0) is 0 Å². The Morgan fingerprint density at radius 1 is 1.29 bits per heavy atom. The highest BCUT2D eigenvalue weighted by Gasteiger charge is 2.57. The molecule has 3 unspecified atom stereocenters. The van der Waals surface area contributed by atoms with Crippen LogP contribution in [0.4, 0.5) is 0 Å². The minimum absolute atomic E-state index is 0.118. The molecule has 3 fully saturated rings. The van der Waals surface area contributed by atoms with Crippen LogP contribution in [0.2, 0.25) is 0 Å². The highest BCUT2D eigenvalue weighted by molar-refractivity contribution is 5.10. The van der Waals surface area contributed by atoms with Crippen LogP contribution in [0.5, 0.6) is 0 Å². The maximum atomic E-state index is 9.20. The van der Waals surface area contributed by atoms with Crippen molar-refractivity contribution in [1.82, 2.24) is 0 Å². The summed E-state index contributed by atoms with van der Waals surface area (Å²) in [5.41, 5.74) is 0.393. The maximum absolute atomic E-state index is 9.20. The largest absolute Gasteiger partial charge is 0.198 e. The Bertz CT molecular complexity index is 280. The summed E-state index contributed by atoms with van der Waals surface area (Å²) in [5, 5.41) is 9.20. The van der Waals surface area contributed by atoms with Crippen molar-refractivity contribution in [2.75, 3.05) is 0 Å². The summed E-state index contributed by atoms with van der Waals surface area (Å²) in [6.45, 7) is 9.02. The molecule has 0 aromatic heterocycles. The van der Waals surface area contributed by atoms with Crippen molar-refractivity contribution in [3.05, 3.63) is 0 Å². The van der Waals surface area contributed by atoms with Crippen molar-refractivity contribution in [3.8, 4) is 6.07 Å². The van der Waals surface area contributed by atoms with Crippen LogP contribution in [0.15, 0.2) is 0 Å². The molecule has 3 atom stereocenters. The van der Waals surface area contributed by atoms with E-state index in [9.17, 15) is 5.26 Å². The van der Waals surface area contributed by atoms with Gasteiger partial charge in [0, 0.05) is 0 Å². The first kappa shape index (κ1) is 10.0. The van der Waals surface area contributed by atoms with Crippen molar-refractivity contribution < 1.29 is 0 Å². The maximum Gasteiger partial charge on any atom is 0.0686 e. The monoisotopic (exact) mass is 191 g/mol. The summed E-state index contributed by atoms with van der Waals surface area (Å²) in [5.74, 6) is 2.38. The lowest BCUT2D eigenvalue weighted by Crippen LogP contribution is -2.55. The summed E-state index contributed by atoms with van der Waals surface area (Å²) in [7, 11) is 0. The van der Waals surface area contributed by atoms with Gasteiger partial charge in [0.15, 0.2) is 0 Å². The molecule has 1 nitrogen and oxygen atoms in total. The first-order valence-corrected chi connectivity index (χ1v) is 5.81. The van der Waals surface area contributed by atoms with Gasteiger partial charge in [-0.25, -0.2) is 0 Å². The third kappa shape index (κ3) is 1.13. The van der Waals surface area contributed by atoms with Crippen LogP contribution in [0, 0.1) is 39.9 Å². The molecule has 0 aromatic carbocycles. The standard InChI is InChI=1S/C13H21N/c1-12(2,8-14)10-6-5-9-7-11(10)13(9,3)4/h9-11H,5-7H2,1-4H3. The van der Waals surface area contributed by atoms with Crippen LogP contribution in [0.1, 0.15) is 47.0 Å². The number of nitrogens with zero attached hydrogens (tertiary/aromatic N) is 1. The van der Waals surface area contributed by atoms with Gasteiger partial charge in [0.2, 0.25) is 0 Å². The Labute approximate surface area is 87.5 Å². The third-order valence-electron chi connectivity index (χ3n) is 5.07. The smallest absolute Gasteiger partial charge is 0.0686 e. The zero-order valence-electron chi connectivity index (χ0n) is 9.80. The second-order valence-corrected chi connectivity index (χ2v) is 6.38. The van der Waals surface area contributed by atoms with Gasteiger partial charge in [-0.3, -0.25) is 0 Å². The number of rotatable bonds is 1. The molecule has 3 aliphatic carbocycles. The summed E-state index contributed by atoms with van der Waals surface area (Å²) in [6, 6.07) is 2.50. The average Bonchev–Trinajstić information content (AvgIpc) is 2.17. The zero-order valence-corrected chi connectivity index (χ0v) is 9.80. The van der Waals surface area contributed by atoms with E-state index in [1.807, 2.05) is 0 Å². The fourth-order valence-electron chi connectivity index (χ4n) is 3.76. The molecular formula is C13H21N. The van der Waals surface area contributed by atoms with E-state index in [2.05, 4.69) is 33.8 Å². The van der Waals surface area contributed by atoms with E-state index in [0.29, 0.717) is 11.3 Å². The predicted molar refractivity (Wildman–Crippen MR) is 57.5 cm³/mol. The topological polar surface area (TPSA) is 23.8 Å². The van der Waals surface area contributed by atoms with Gasteiger partial charge in [0.25, 0.3) is 0 Å². The summed E-state index contributed by atoms with van der Waals surface area (Å²) < 4.78 is 0. The van der Waals surface area contributed by atoms with Gasteiger partial charge in [0.05, 0.1) is 11.5 Å². The van der Waals surface area contributed by atoms with Crippen LogP contribution >= 0.6 is 0 Å². The van der Waals surface area contributed by atoms with Crippen molar-refractivity contribution in [1.29, 1.82) is 5.26 Å². The van der Waals surface area contributed by atoms with Gasteiger partial charge < -0.3 is 0 Å². The molecule has 14 heavy (non-hydrogen) atoms. The van der Waals surface area contributed by atoms with E-state index in [0.717, 1.165) is 11.8 Å². The van der Waals surface area contributed by atoms with Crippen LogP contribution < -0.4 is 0 Å². The lowest BCUT2D eigenvalue weighted by Gasteiger charge is -2.62. The molecule has 0 spiro atoms. The molecule has 1 heteroatoms. The Morgan fingerprint density at radius 2 is 1.93 bits per heavy atom. The van der Waals surface area contributed by atoms with Gasteiger partial charge in [0.1, 0.15) is 0 Å². The molecule has 0 amide bonds. The SMILES string of the molecule is CC(C)(C#N)C1CCC2CC1C2(C)C. The molecule has 78 valence electrons. The molecule has 0 heterocycles. The van der Waals surface area contributed by atoms with Crippen LogP contribution in [0.3, 0.4) is 0 Å². The molecule has 0 saturated heterocycles. The summed E-state index contributed by atoms with van der Waals surface area (Å²) >= 11 is 0. The average molecular weight is 191 g/mol. The van der Waals surface area contributed by atoms with Crippen LogP contribution in [0.25, 0.3) is 0 Å². The van der Waals surface area contributed by atoms with E-state index in [-0.39, 0.29) is 5.41 Å². The molecule has 3 rings (SSSR count). The molecular weight excluding hydrogens is 170 g/mol. The van der Waals surface area contributed by atoms with Crippen LogP contribution in [-0.4, -0.2) is 0 Å². The quantitative estimate of drug-likeness (QED) is 0.621. The molecule has 3 saturated carbocycles. The molecule has 2 bridgehead atoms. The van der Waals surface area contributed by atoms with Gasteiger partial charge in [-0.05, 0) is 56.3 Å². The highest BCUT2D eigenvalue weighted by Crippen LogP contribution is 2.64. The van der Waals surface area contributed by atoms with Gasteiger partial charge in [-0.15, -0.1) is 0 Å². The molecule has 0 aromatic rings. The second-order valence-electron chi connectivity index (χ2n) is 6.38. The zero-order chi connectivity index (χ0) is 10.6. The Morgan fingerprint density at radius 3 is 2.36 bits per heavy atom. The van der Waals surface area contributed by atoms with Crippen molar-refractivity contribution >= 4 is 0 Å². The minimum atomic E-state index is -0.118. The summed E-state index contributed by atoms with van der Waals surface area (Å²) in [6.07, 6.45) is 4.00. The van der Waals surface area contributed by atoms with Gasteiger partial charge in [-0.2, -0.15) is 5.26 Å². The first-order valence-electron chi connectivity index (χ1n) is 5.81. The highest BCUT2D eigenvalue weighted by atomic mass is 14.6. The van der Waals surface area contributed by atoms with Crippen molar-refractivity contribution in [2.24, 2.45) is 28.6 Å². The van der Waals surface area contributed by atoms with E-state index in [1.54, 1.807) is 0 Å². The van der Waals surface area contributed by atoms with Crippen molar-refractivity contribution in [2.45, 2.75) is 47.0 Å². The second kappa shape index (κ2) is 2.75. The van der Waals surface area contributed by atoms with Gasteiger partial charge in [-0.1, -0.05) is 13.8 Å². The number of nitriles is 1. The number of hydrogen-bond donors (Lipinski definition) is 0. The molecule has 0 aliphatic heterocycles. The number of fused-ring (bicyclic) bond motifs is 2. The Hall–Kier alpha value is -0.510. The Balaban J connectivity index is 2.20. The predicted octanol–water partition coefficient (Wildman–Crippen LogP) is 3.61. The number of hydrogen-bond acceptors (Lipinski definition) is 1. The van der Waals surface area contributed by atoms with Gasteiger partial charge >= 0.3 is 0 Å². The lowest BCUT2D eigenvalue weighted by molar-refractivity contribution is -0.127. The van der Waals surface area contributed by atoms with E-state index in [1.165, 1.54) is 19.3 Å². The third-order valence-corrected chi connectivity index (χ3v) is 5.07. The first-order chi connectivity index (χ1) is 6.39. The lowest BCUT2D eigenvalue weighted by atomic mass is 9.42. The molecule has 0 radical (unpaired) electrons. The van der Waals surface area contributed by atoms with E-state index >= 15 is 0 Å². The Kier molecular flexibility index (Phi) is 1.97. The van der Waals surface area contributed by atoms with E-state index < -0.39 is 0 Å². The van der Waals surface area contributed by atoms with E-state index in [4.69, 9.17) is 0 Å². The minimum Gasteiger partial charge on any atom is -0.198 e. The fraction of sp³-hybridized carbons (Fsp3) is 0.923. The normalized spacial score (nSPS) is 39.8. The van der Waals surface area contributed by atoms with Crippen molar-refractivity contribution in [3.63, 3.8) is 0 Å². The molecule has 0 N–H and O–H groups in total. The fourth-order valence-corrected chi connectivity index (χ4v) is 3.76.